The fourth-order valence-corrected chi connectivity index (χ4v) is 4.01. The zero-order valence-corrected chi connectivity index (χ0v) is 12.0. The van der Waals surface area contributed by atoms with Crippen LogP contribution in [0.3, 0.4) is 0 Å². The van der Waals surface area contributed by atoms with Crippen LogP contribution in [0.1, 0.15) is 68.7 Å². The maximum absolute atomic E-state index is 6.34. The molecule has 1 saturated heterocycles. The summed E-state index contributed by atoms with van der Waals surface area (Å²) in [5, 5.41) is 0. The van der Waals surface area contributed by atoms with Crippen molar-refractivity contribution in [3.63, 3.8) is 0 Å². The first kappa shape index (κ1) is 13.1. The topological polar surface area (TPSA) is 29.3 Å². The average molecular weight is 258 g/mol. The number of hydrogen-bond donors (Lipinski definition) is 1. The van der Waals surface area contributed by atoms with Gasteiger partial charge in [-0.2, -0.15) is 0 Å². The first-order valence-electron chi connectivity index (χ1n) is 7.91. The molecule has 3 atom stereocenters. The van der Waals surface area contributed by atoms with Crippen molar-refractivity contribution in [3.8, 4) is 0 Å². The summed E-state index contributed by atoms with van der Waals surface area (Å²) in [4.78, 5) is 2.76. The predicted octanol–water partition coefficient (Wildman–Crippen LogP) is 3.79. The van der Waals surface area contributed by atoms with Crippen molar-refractivity contribution in [2.75, 3.05) is 6.54 Å². The highest BCUT2D eigenvalue weighted by molar-refractivity contribution is 5.37. The van der Waals surface area contributed by atoms with E-state index in [1.165, 1.54) is 49.8 Å². The van der Waals surface area contributed by atoms with E-state index < -0.39 is 0 Å². The van der Waals surface area contributed by atoms with Gasteiger partial charge in [0, 0.05) is 18.1 Å². The third-order valence-corrected chi connectivity index (χ3v) is 5.03. The normalized spacial score (nSPS) is 32.0. The van der Waals surface area contributed by atoms with E-state index in [1.54, 1.807) is 0 Å². The summed E-state index contributed by atoms with van der Waals surface area (Å²) in [7, 11) is 0. The summed E-state index contributed by atoms with van der Waals surface area (Å²) < 4.78 is 0. The second-order valence-corrected chi connectivity index (χ2v) is 6.14. The molecule has 0 spiro atoms. The molecule has 3 unspecified atom stereocenters. The zero-order chi connectivity index (χ0) is 13.2. The van der Waals surface area contributed by atoms with Crippen molar-refractivity contribution in [3.05, 3.63) is 35.4 Å². The minimum absolute atomic E-state index is 0.238. The van der Waals surface area contributed by atoms with E-state index in [-0.39, 0.29) is 6.04 Å². The van der Waals surface area contributed by atoms with E-state index >= 15 is 0 Å². The van der Waals surface area contributed by atoms with Crippen molar-refractivity contribution in [1.82, 2.24) is 4.90 Å². The maximum atomic E-state index is 6.34. The summed E-state index contributed by atoms with van der Waals surface area (Å²) in [6.07, 6.45) is 7.89. The van der Waals surface area contributed by atoms with E-state index in [2.05, 4.69) is 36.1 Å². The molecule has 1 aliphatic carbocycles. The summed E-state index contributed by atoms with van der Waals surface area (Å²) >= 11 is 0. The van der Waals surface area contributed by atoms with Gasteiger partial charge in [-0.3, -0.25) is 4.90 Å². The van der Waals surface area contributed by atoms with E-state index in [0.717, 1.165) is 12.5 Å². The molecule has 2 nitrogen and oxygen atoms in total. The molecule has 0 bridgehead atoms. The van der Waals surface area contributed by atoms with Crippen molar-refractivity contribution < 1.29 is 0 Å². The van der Waals surface area contributed by atoms with Gasteiger partial charge < -0.3 is 5.73 Å². The van der Waals surface area contributed by atoms with Crippen LogP contribution in [0.4, 0.5) is 0 Å². The lowest BCUT2D eigenvalue weighted by molar-refractivity contribution is 0.128. The third-order valence-electron chi connectivity index (χ3n) is 5.03. The van der Waals surface area contributed by atoms with Gasteiger partial charge in [-0.05, 0) is 43.4 Å². The Labute approximate surface area is 117 Å². The fourth-order valence-electron chi connectivity index (χ4n) is 4.01. The number of nitrogens with two attached hydrogens (primary N) is 1. The average Bonchev–Trinajstić information content (AvgIpc) is 2.64. The third kappa shape index (κ3) is 2.44. The van der Waals surface area contributed by atoms with Crippen LogP contribution in [0.15, 0.2) is 24.3 Å². The molecule has 1 aromatic rings. The molecule has 1 aliphatic heterocycles. The Bertz CT molecular complexity index is 429. The lowest BCUT2D eigenvalue weighted by atomic mass is 10.0. The van der Waals surface area contributed by atoms with Crippen molar-refractivity contribution in [1.29, 1.82) is 0 Å². The van der Waals surface area contributed by atoms with Crippen LogP contribution in [-0.4, -0.2) is 17.5 Å². The van der Waals surface area contributed by atoms with Crippen LogP contribution < -0.4 is 5.73 Å². The lowest BCUT2D eigenvalue weighted by Crippen LogP contribution is -2.37. The molecular weight excluding hydrogens is 232 g/mol. The van der Waals surface area contributed by atoms with Gasteiger partial charge in [0.2, 0.25) is 0 Å². The summed E-state index contributed by atoms with van der Waals surface area (Å²) in [6, 6.07) is 10.4. The smallest absolute Gasteiger partial charge is 0.0372 e. The minimum atomic E-state index is 0.238. The standard InChI is InChI=1S/C17H26N2/c1-2-13-8-4-3-7-11-19(13)17-12-16(18)14-9-5-6-10-15(14)17/h5-6,9-10,13,16-17H,2-4,7-8,11-12,18H2,1H3. The minimum Gasteiger partial charge on any atom is -0.324 e. The lowest BCUT2D eigenvalue weighted by Gasteiger charge is -2.35. The van der Waals surface area contributed by atoms with Crippen LogP contribution in [0.5, 0.6) is 0 Å². The van der Waals surface area contributed by atoms with Gasteiger partial charge in [-0.15, -0.1) is 0 Å². The number of nitrogens with zero attached hydrogens (tertiary/aromatic N) is 1. The molecule has 2 heteroatoms. The molecule has 0 radical (unpaired) electrons. The molecule has 19 heavy (non-hydrogen) atoms. The summed E-state index contributed by atoms with van der Waals surface area (Å²) in [5.41, 5.74) is 9.22. The van der Waals surface area contributed by atoms with Gasteiger partial charge >= 0.3 is 0 Å². The Hall–Kier alpha value is -0.860. The number of benzene rings is 1. The molecule has 1 aromatic carbocycles. The van der Waals surface area contributed by atoms with Crippen LogP contribution in [-0.2, 0) is 0 Å². The van der Waals surface area contributed by atoms with Gasteiger partial charge in [0.05, 0.1) is 0 Å². The Balaban J connectivity index is 1.89. The van der Waals surface area contributed by atoms with E-state index in [1.807, 2.05) is 0 Å². The van der Waals surface area contributed by atoms with Crippen LogP contribution in [0.2, 0.25) is 0 Å². The predicted molar refractivity (Wildman–Crippen MR) is 80.0 cm³/mol. The highest BCUT2D eigenvalue weighted by Gasteiger charge is 2.35. The van der Waals surface area contributed by atoms with Crippen LogP contribution in [0.25, 0.3) is 0 Å². The summed E-state index contributed by atoms with van der Waals surface area (Å²) in [5.74, 6) is 0. The molecule has 1 fully saturated rings. The number of hydrogen-bond acceptors (Lipinski definition) is 2. The van der Waals surface area contributed by atoms with Gasteiger partial charge in [-0.25, -0.2) is 0 Å². The molecule has 1 heterocycles. The SMILES string of the molecule is CCC1CCCCCN1C1CC(N)c2ccccc21. The van der Waals surface area contributed by atoms with Crippen LogP contribution in [0, 0.1) is 0 Å². The highest BCUT2D eigenvalue weighted by Crippen LogP contribution is 2.43. The molecule has 0 saturated carbocycles. The van der Waals surface area contributed by atoms with E-state index in [4.69, 9.17) is 5.73 Å². The monoisotopic (exact) mass is 258 g/mol. The van der Waals surface area contributed by atoms with Crippen molar-refractivity contribution in [2.45, 2.75) is 63.6 Å². The molecular formula is C17H26N2. The Morgan fingerprint density at radius 1 is 1.16 bits per heavy atom. The molecule has 0 aromatic heterocycles. The molecule has 104 valence electrons. The fraction of sp³-hybridized carbons (Fsp3) is 0.647. The highest BCUT2D eigenvalue weighted by atomic mass is 15.2. The first-order chi connectivity index (χ1) is 9.31. The van der Waals surface area contributed by atoms with E-state index in [0.29, 0.717) is 6.04 Å². The summed E-state index contributed by atoms with van der Waals surface area (Å²) in [6.45, 7) is 3.59. The number of likely N-dealkylation sites (tertiary alicyclic amines) is 1. The van der Waals surface area contributed by atoms with Gasteiger partial charge in [-0.1, -0.05) is 44.0 Å². The Kier molecular flexibility index (Phi) is 3.90. The number of fused-ring (bicyclic) bond motifs is 1. The van der Waals surface area contributed by atoms with Gasteiger partial charge in [0.1, 0.15) is 0 Å². The quantitative estimate of drug-likeness (QED) is 0.874. The second kappa shape index (κ2) is 5.64. The van der Waals surface area contributed by atoms with Crippen LogP contribution >= 0.6 is 0 Å². The largest absolute Gasteiger partial charge is 0.324 e. The van der Waals surface area contributed by atoms with E-state index in [9.17, 15) is 0 Å². The molecule has 2 N–H and O–H groups in total. The van der Waals surface area contributed by atoms with Crippen molar-refractivity contribution >= 4 is 0 Å². The Morgan fingerprint density at radius 3 is 2.74 bits per heavy atom. The molecule has 3 rings (SSSR count). The second-order valence-electron chi connectivity index (χ2n) is 6.14. The first-order valence-corrected chi connectivity index (χ1v) is 7.91. The molecule has 0 amide bonds. The Morgan fingerprint density at radius 2 is 1.95 bits per heavy atom. The van der Waals surface area contributed by atoms with Gasteiger partial charge in [0.15, 0.2) is 0 Å². The van der Waals surface area contributed by atoms with Gasteiger partial charge in [0.25, 0.3) is 0 Å². The number of rotatable bonds is 2. The maximum Gasteiger partial charge on any atom is 0.0372 e. The molecule has 2 aliphatic rings. The zero-order valence-electron chi connectivity index (χ0n) is 12.0. The van der Waals surface area contributed by atoms with Crippen molar-refractivity contribution in [2.24, 2.45) is 5.73 Å².